The fraction of sp³-hybridized carbons (Fsp3) is 0.370. The number of aromatic nitrogens is 1. The summed E-state index contributed by atoms with van der Waals surface area (Å²) < 4.78 is 85.9. The summed E-state index contributed by atoms with van der Waals surface area (Å²) in [4.78, 5) is 16.7. The molecule has 0 bridgehead atoms. The van der Waals surface area contributed by atoms with Crippen LogP contribution < -0.4 is 0 Å². The molecule has 1 N–H and O–H groups in total. The fourth-order valence-corrected chi connectivity index (χ4v) is 5.05. The number of fused-ring (bicyclic) bond motifs is 1. The molecule has 2 unspecified atom stereocenters. The third-order valence-corrected chi connectivity index (χ3v) is 6.61. The Morgan fingerprint density at radius 1 is 0.946 bits per heavy atom. The molecule has 0 aliphatic carbocycles. The number of allylic oxidation sites excluding steroid dienone is 1. The van der Waals surface area contributed by atoms with E-state index in [4.69, 9.17) is 4.43 Å². The van der Waals surface area contributed by atoms with Crippen molar-refractivity contribution in [3.8, 4) is 0 Å². The molecule has 0 aliphatic rings. The van der Waals surface area contributed by atoms with Gasteiger partial charge in [-0.05, 0) is 54.4 Å². The van der Waals surface area contributed by atoms with Gasteiger partial charge in [-0.15, -0.1) is 0 Å². The van der Waals surface area contributed by atoms with Gasteiger partial charge in [-0.2, -0.15) is 26.3 Å². The van der Waals surface area contributed by atoms with E-state index < -0.39 is 55.7 Å². The van der Waals surface area contributed by atoms with Gasteiger partial charge < -0.3 is 9.41 Å². The number of carbonyl (C=O) groups excluding carboxylic acids is 1. The summed E-state index contributed by atoms with van der Waals surface area (Å²) in [6, 6.07) is 8.77. The Balaban J connectivity index is 2.07. The first-order chi connectivity index (χ1) is 17.0. The van der Waals surface area contributed by atoms with E-state index in [2.05, 4.69) is 4.98 Å². The van der Waals surface area contributed by atoms with E-state index in [1.165, 1.54) is 0 Å². The van der Waals surface area contributed by atoms with Crippen molar-refractivity contribution in [3.05, 3.63) is 77.0 Å². The molecule has 0 saturated carbocycles. The summed E-state index contributed by atoms with van der Waals surface area (Å²) in [6.45, 7) is 9.39. The second kappa shape index (κ2) is 10.5. The molecule has 1 radical (unpaired) electrons. The van der Waals surface area contributed by atoms with Gasteiger partial charge in [0.1, 0.15) is 0 Å². The molecule has 3 rings (SSSR count). The number of halogens is 6. The Labute approximate surface area is 213 Å². The summed E-state index contributed by atoms with van der Waals surface area (Å²) in [5, 5.41) is 0.870. The normalized spacial score (nSPS) is 15.0. The highest BCUT2D eigenvalue weighted by molar-refractivity contribution is 6.48. The predicted molar refractivity (Wildman–Crippen MR) is 133 cm³/mol. The lowest BCUT2D eigenvalue weighted by Crippen LogP contribution is -2.36. The first-order valence-corrected chi connectivity index (χ1v) is 13.9. The number of ketones is 1. The minimum absolute atomic E-state index is 0.0596. The number of hydrogen-bond acceptors (Lipinski definition) is 2. The molecule has 37 heavy (non-hydrogen) atoms. The Hall–Kier alpha value is -2.85. The smallest absolute Gasteiger partial charge is 0.409 e. The Bertz CT molecular complexity index is 1250. The summed E-state index contributed by atoms with van der Waals surface area (Å²) >= 11 is 0. The number of aromatic amines is 1. The van der Waals surface area contributed by atoms with E-state index in [1.54, 1.807) is 6.20 Å². The van der Waals surface area contributed by atoms with Gasteiger partial charge in [-0.25, -0.2) is 0 Å². The highest BCUT2D eigenvalue weighted by Gasteiger charge is 2.40. The molecule has 2 atom stereocenters. The molecule has 199 valence electrons. The minimum atomic E-state index is -4.98. The van der Waals surface area contributed by atoms with Crippen LogP contribution in [0, 0.1) is 11.3 Å². The maximum atomic E-state index is 13.6. The summed E-state index contributed by atoms with van der Waals surface area (Å²) in [5.74, 6) is -1.23. The van der Waals surface area contributed by atoms with Gasteiger partial charge >= 0.3 is 12.4 Å². The molecule has 0 aliphatic heterocycles. The summed E-state index contributed by atoms with van der Waals surface area (Å²) in [6.07, 6.45) is -6.80. The van der Waals surface area contributed by atoms with Crippen LogP contribution >= 0.6 is 0 Å². The molecule has 0 saturated heterocycles. The zero-order valence-electron chi connectivity index (χ0n) is 21.0. The molecular weight excluding hydrogens is 512 g/mol. The van der Waals surface area contributed by atoms with E-state index in [0.717, 1.165) is 28.6 Å². The van der Waals surface area contributed by atoms with Crippen LogP contribution in [0.2, 0.25) is 13.1 Å². The molecule has 3 aromatic rings. The SMILES string of the molecule is C[Si](C)OC(c1c[nH]c2ccccc12)C(C(=O)C=Cc1cc(C(F)(F)F)cc(C(F)(F)F)c1)C(C)(C)C. The van der Waals surface area contributed by atoms with E-state index in [-0.39, 0.29) is 11.6 Å². The highest BCUT2D eigenvalue weighted by atomic mass is 28.3. The first-order valence-electron chi connectivity index (χ1n) is 11.5. The summed E-state index contributed by atoms with van der Waals surface area (Å²) in [5.41, 5.74) is -2.28. The molecule has 1 aromatic heterocycles. The van der Waals surface area contributed by atoms with Crippen LogP contribution in [0.1, 0.15) is 49.1 Å². The molecule has 0 spiro atoms. The van der Waals surface area contributed by atoms with Crippen molar-refractivity contribution < 1.29 is 35.6 Å². The third kappa shape index (κ3) is 6.92. The van der Waals surface area contributed by atoms with Crippen LogP contribution in [0.5, 0.6) is 0 Å². The number of nitrogens with one attached hydrogen (secondary N) is 1. The average Bonchev–Trinajstić information content (AvgIpc) is 3.18. The number of H-pyrrole nitrogens is 1. The van der Waals surface area contributed by atoms with Crippen LogP contribution in [0.3, 0.4) is 0 Å². The molecule has 0 fully saturated rings. The highest BCUT2D eigenvalue weighted by Crippen LogP contribution is 2.43. The standard InChI is InChI=1S/C27H28F6NO2Si/c1-25(2,3)23(24(36-37(4)5)20-15-34-21-9-7-6-8-19(20)21)22(35)11-10-16-12-17(26(28,29)30)14-18(13-16)27(31,32)33/h6-15,23-24,34H,1-5H3. The Morgan fingerprint density at radius 2 is 1.51 bits per heavy atom. The molecule has 2 aromatic carbocycles. The van der Waals surface area contributed by atoms with Crippen LogP contribution in [0.15, 0.2) is 54.7 Å². The largest absolute Gasteiger partial charge is 0.416 e. The molecule has 1 heterocycles. The second-order valence-electron chi connectivity index (χ2n) is 10.2. The number of alkyl halides is 6. The number of hydrogen-bond donors (Lipinski definition) is 1. The molecule has 3 nitrogen and oxygen atoms in total. The lowest BCUT2D eigenvalue weighted by atomic mass is 9.73. The van der Waals surface area contributed by atoms with Crippen molar-refractivity contribution in [2.24, 2.45) is 11.3 Å². The van der Waals surface area contributed by atoms with Crippen molar-refractivity contribution in [1.82, 2.24) is 4.98 Å². The van der Waals surface area contributed by atoms with Gasteiger partial charge in [-0.1, -0.05) is 45.0 Å². The zero-order chi connectivity index (χ0) is 27.8. The van der Waals surface area contributed by atoms with Gasteiger partial charge in [0.05, 0.1) is 23.1 Å². The second-order valence-corrected chi connectivity index (χ2v) is 12.2. The fourth-order valence-electron chi connectivity index (χ4n) is 4.28. The molecule has 10 heteroatoms. The Kier molecular flexibility index (Phi) is 8.14. The number of benzene rings is 2. The van der Waals surface area contributed by atoms with Gasteiger partial charge in [-0.3, -0.25) is 4.79 Å². The van der Waals surface area contributed by atoms with Crippen molar-refractivity contribution in [2.75, 3.05) is 0 Å². The van der Waals surface area contributed by atoms with Crippen molar-refractivity contribution in [2.45, 2.75) is 52.3 Å². The summed E-state index contributed by atoms with van der Waals surface area (Å²) in [7, 11) is -1.31. The van der Waals surface area contributed by atoms with Crippen LogP contribution in [-0.4, -0.2) is 19.8 Å². The number of para-hydroxylation sites is 1. The average molecular weight is 541 g/mol. The van der Waals surface area contributed by atoms with Gasteiger partial charge in [0.25, 0.3) is 0 Å². The Morgan fingerprint density at radius 3 is 2.03 bits per heavy atom. The quantitative estimate of drug-likeness (QED) is 0.186. The van der Waals surface area contributed by atoms with Gasteiger partial charge in [0, 0.05) is 22.7 Å². The zero-order valence-corrected chi connectivity index (χ0v) is 22.0. The van der Waals surface area contributed by atoms with E-state index in [1.807, 2.05) is 58.1 Å². The lowest BCUT2D eigenvalue weighted by molar-refractivity contribution is -0.143. The van der Waals surface area contributed by atoms with E-state index in [9.17, 15) is 31.1 Å². The molecular formula is C27H28F6NO2Si. The topological polar surface area (TPSA) is 42.1 Å². The predicted octanol–water partition coefficient (Wildman–Crippen LogP) is 8.46. The van der Waals surface area contributed by atoms with Gasteiger partial charge in [0.2, 0.25) is 9.04 Å². The van der Waals surface area contributed by atoms with E-state index in [0.29, 0.717) is 12.1 Å². The minimum Gasteiger partial charge on any atom is -0.409 e. The molecule has 0 amide bonds. The van der Waals surface area contributed by atoms with Crippen molar-refractivity contribution in [1.29, 1.82) is 0 Å². The van der Waals surface area contributed by atoms with E-state index >= 15 is 0 Å². The maximum absolute atomic E-state index is 13.6. The van der Waals surface area contributed by atoms with Crippen LogP contribution in [0.25, 0.3) is 17.0 Å². The number of carbonyl (C=O) groups is 1. The first kappa shape index (κ1) is 28.7. The van der Waals surface area contributed by atoms with Crippen LogP contribution in [0.4, 0.5) is 26.3 Å². The maximum Gasteiger partial charge on any atom is 0.416 e. The van der Waals surface area contributed by atoms with Crippen LogP contribution in [-0.2, 0) is 21.6 Å². The number of rotatable bonds is 7. The van der Waals surface area contributed by atoms with Gasteiger partial charge in [0.15, 0.2) is 5.78 Å². The van der Waals surface area contributed by atoms with Crippen molar-refractivity contribution >= 4 is 31.8 Å². The van der Waals surface area contributed by atoms with Crippen molar-refractivity contribution in [3.63, 3.8) is 0 Å². The monoisotopic (exact) mass is 540 g/mol. The lowest BCUT2D eigenvalue weighted by Gasteiger charge is -2.36. The third-order valence-electron chi connectivity index (χ3n) is 5.88.